The average Bonchev–Trinajstić information content (AvgIpc) is 3.27. The monoisotopic (exact) mass is 461 g/mol. The standard InChI is InChI=1S/C24H23N5O3S/c1-3-29-23(17-8-11-18(32-2)12-9-17)27-28-24(29)33-15-22(31)26-25-14-20-19-7-5-4-6-16(19)10-13-21(20)30/h4-14,30H,3,15H2,1-2H3,(H,26,31). The second kappa shape index (κ2) is 10.2. The first-order valence-electron chi connectivity index (χ1n) is 10.3. The number of amides is 1. The third kappa shape index (κ3) is 4.98. The van der Waals surface area contributed by atoms with E-state index in [1.807, 2.05) is 66.1 Å². The van der Waals surface area contributed by atoms with E-state index in [9.17, 15) is 9.90 Å². The molecule has 0 aliphatic heterocycles. The van der Waals surface area contributed by atoms with Crippen LogP contribution in [-0.2, 0) is 11.3 Å². The molecule has 0 radical (unpaired) electrons. The lowest BCUT2D eigenvalue weighted by Crippen LogP contribution is -2.20. The molecule has 2 N–H and O–H groups in total. The van der Waals surface area contributed by atoms with Gasteiger partial charge in [0.25, 0.3) is 5.91 Å². The van der Waals surface area contributed by atoms with Gasteiger partial charge in [-0.25, -0.2) is 5.43 Å². The molecular formula is C24H23N5O3S. The van der Waals surface area contributed by atoms with E-state index in [0.717, 1.165) is 27.9 Å². The van der Waals surface area contributed by atoms with E-state index in [0.29, 0.717) is 17.3 Å². The first-order valence-corrected chi connectivity index (χ1v) is 11.3. The van der Waals surface area contributed by atoms with Gasteiger partial charge in [-0.05, 0) is 48.0 Å². The fourth-order valence-electron chi connectivity index (χ4n) is 3.39. The number of aromatic nitrogens is 3. The van der Waals surface area contributed by atoms with E-state index in [1.54, 1.807) is 13.2 Å². The van der Waals surface area contributed by atoms with Crippen molar-refractivity contribution in [1.82, 2.24) is 20.2 Å². The Balaban J connectivity index is 1.40. The summed E-state index contributed by atoms with van der Waals surface area (Å²) in [5, 5.41) is 25.2. The Morgan fingerprint density at radius 1 is 1.15 bits per heavy atom. The van der Waals surface area contributed by atoms with Crippen molar-refractivity contribution in [1.29, 1.82) is 0 Å². The largest absolute Gasteiger partial charge is 0.507 e. The molecule has 3 aromatic carbocycles. The summed E-state index contributed by atoms with van der Waals surface area (Å²) in [6, 6.07) is 18.7. The zero-order valence-corrected chi connectivity index (χ0v) is 19.0. The predicted molar refractivity (Wildman–Crippen MR) is 130 cm³/mol. The summed E-state index contributed by atoms with van der Waals surface area (Å²) >= 11 is 1.28. The number of carbonyl (C=O) groups excluding carboxylic acids is 1. The summed E-state index contributed by atoms with van der Waals surface area (Å²) < 4.78 is 7.16. The quantitative estimate of drug-likeness (QED) is 0.233. The molecule has 1 aromatic heterocycles. The Morgan fingerprint density at radius 3 is 2.70 bits per heavy atom. The Kier molecular flexibility index (Phi) is 6.89. The van der Waals surface area contributed by atoms with Gasteiger partial charge in [-0.3, -0.25) is 4.79 Å². The maximum Gasteiger partial charge on any atom is 0.250 e. The van der Waals surface area contributed by atoms with E-state index in [4.69, 9.17) is 4.74 Å². The number of benzene rings is 3. The van der Waals surface area contributed by atoms with Crippen LogP contribution >= 0.6 is 11.8 Å². The molecule has 168 valence electrons. The number of ether oxygens (including phenoxy) is 1. The molecule has 1 heterocycles. The molecule has 4 aromatic rings. The van der Waals surface area contributed by atoms with Crippen molar-refractivity contribution in [3.05, 3.63) is 66.2 Å². The number of nitrogens with one attached hydrogen (secondary N) is 1. The van der Waals surface area contributed by atoms with E-state index >= 15 is 0 Å². The molecule has 9 heteroatoms. The molecule has 0 aliphatic carbocycles. The number of phenolic OH excluding ortho intramolecular Hbond substituents is 1. The van der Waals surface area contributed by atoms with Crippen LogP contribution in [0, 0.1) is 0 Å². The summed E-state index contributed by atoms with van der Waals surface area (Å²) in [5.74, 6) is 1.44. The molecule has 8 nitrogen and oxygen atoms in total. The zero-order valence-electron chi connectivity index (χ0n) is 18.2. The molecule has 1 amide bonds. The summed E-state index contributed by atoms with van der Waals surface area (Å²) in [6.45, 7) is 2.66. The minimum absolute atomic E-state index is 0.100. The van der Waals surface area contributed by atoms with Crippen LogP contribution in [0.3, 0.4) is 0 Å². The lowest BCUT2D eigenvalue weighted by molar-refractivity contribution is -0.118. The molecular weight excluding hydrogens is 438 g/mol. The van der Waals surface area contributed by atoms with Gasteiger partial charge in [-0.1, -0.05) is 42.1 Å². The Hall–Kier alpha value is -3.85. The van der Waals surface area contributed by atoms with Gasteiger partial charge in [0.05, 0.1) is 19.1 Å². The second-order valence-corrected chi connectivity index (χ2v) is 8.02. The Labute approximate surface area is 195 Å². The summed E-state index contributed by atoms with van der Waals surface area (Å²) in [6.07, 6.45) is 1.45. The molecule has 0 atom stereocenters. The Bertz CT molecular complexity index is 1300. The number of nitrogens with zero attached hydrogens (tertiary/aromatic N) is 4. The number of fused-ring (bicyclic) bond motifs is 1. The second-order valence-electron chi connectivity index (χ2n) is 7.08. The van der Waals surface area contributed by atoms with Crippen molar-refractivity contribution >= 4 is 34.7 Å². The minimum Gasteiger partial charge on any atom is -0.507 e. The van der Waals surface area contributed by atoms with Gasteiger partial charge >= 0.3 is 0 Å². The molecule has 0 aliphatic rings. The maximum atomic E-state index is 12.3. The fraction of sp³-hybridized carbons (Fsp3) is 0.167. The van der Waals surface area contributed by atoms with Crippen LogP contribution in [-0.4, -0.2) is 44.9 Å². The lowest BCUT2D eigenvalue weighted by Gasteiger charge is -2.08. The number of hydrogen-bond acceptors (Lipinski definition) is 7. The average molecular weight is 462 g/mol. The molecule has 0 saturated carbocycles. The summed E-state index contributed by atoms with van der Waals surface area (Å²) in [7, 11) is 1.62. The number of hydrogen-bond donors (Lipinski definition) is 2. The molecule has 0 fully saturated rings. The van der Waals surface area contributed by atoms with Crippen LogP contribution in [0.5, 0.6) is 11.5 Å². The predicted octanol–water partition coefficient (Wildman–Crippen LogP) is 4.07. The van der Waals surface area contributed by atoms with Crippen LogP contribution in [0.1, 0.15) is 12.5 Å². The summed E-state index contributed by atoms with van der Waals surface area (Å²) in [5.41, 5.74) is 3.98. The normalized spacial score (nSPS) is 11.2. The maximum absolute atomic E-state index is 12.3. The Morgan fingerprint density at radius 2 is 1.94 bits per heavy atom. The van der Waals surface area contributed by atoms with Gasteiger partial charge in [0.1, 0.15) is 11.5 Å². The minimum atomic E-state index is -0.285. The van der Waals surface area contributed by atoms with Crippen molar-refractivity contribution in [2.75, 3.05) is 12.9 Å². The number of aromatic hydroxyl groups is 1. The van der Waals surface area contributed by atoms with Crippen molar-refractivity contribution < 1.29 is 14.6 Å². The lowest BCUT2D eigenvalue weighted by atomic mass is 10.0. The smallest absolute Gasteiger partial charge is 0.250 e. The van der Waals surface area contributed by atoms with Crippen LogP contribution < -0.4 is 10.2 Å². The van der Waals surface area contributed by atoms with Gasteiger partial charge in [0, 0.05) is 17.7 Å². The number of carbonyl (C=O) groups is 1. The fourth-order valence-corrected chi connectivity index (χ4v) is 4.18. The third-order valence-corrected chi connectivity index (χ3v) is 6.01. The first-order chi connectivity index (χ1) is 16.1. The third-order valence-electron chi connectivity index (χ3n) is 5.04. The highest BCUT2D eigenvalue weighted by Crippen LogP contribution is 2.26. The highest BCUT2D eigenvalue weighted by atomic mass is 32.2. The highest BCUT2D eigenvalue weighted by Gasteiger charge is 2.14. The van der Waals surface area contributed by atoms with Crippen molar-refractivity contribution in [3.63, 3.8) is 0 Å². The van der Waals surface area contributed by atoms with Crippen LogP contribution in [0.4, 0.5) is 0 Å². The number of methoxy groups -OCH3 is 1. The van der Waals surface area contributed by atoms with Gasteiger partial charge in [-0.2, -0.15) is 5.10 Å². The molecule has 0 bridgehead atoms. The number of hydrazone groups is 1. The van der Waals surface area contributed by atoms with Gasteiger partial charge in [-0.15, -0.1) is 10.2 Å². The van der Waals surface area contributed by atoms with Gasteiger partial charge < -0.3 is 14.4 Å². The van der Waals surface area contributed by atoms with Crippen molar-refractivity contribution in [3.8, 4) is 22.9 Å². The first kappa shape index (κ1) is 22.3. The molecule has 0 unspecified atom stereocenters. The van der Waals surface area contributed by atoms with Crippen molar-refractivity contribution in [2.24, 2.45) is 5.10 Å². The summed E-state index contributed by atoms with van der Waals surface area (Å²) in [4.78, 5) is 12.3. The molecule has 33 heavy (non-hydrogen) atoms. The van der Waals surface area contributed by atoms with E-state index in [1.165, 1.54) is 18.0 Å². The van der Waals surface area contributed by atoms with Gasteiger partial charge in [0.2, 0.25) is 0 Å². The number of phenols is 1. The number of rotatable bonds is 8. The molecule has 4 rings (SSSR count). The topological polar surface area (TPSA) is 102 Å². The van der Waals surface area contributed by atoms with E-state index in [2.05, 4.69) is 20.7 Å². The SMILES string of the molecule is CCn1c(SCC(=O)NN=Cc2c(O)ccc3ccccc23)nnc1-c1ccc(OC)cc1. The van der Waals surface area contributed by atoms with Gasteiger partial charge in [0.15, 0.2) is 11.0 Å². The van der Waals surface area contributed by atoms with Crippen LogP contribution in [0.25, 0.3) is 22.2 Å². The van der Waals surface area contributed by atoms with Crippen LogP contribution in [0.2, 0.25) is 0 Å². The highest BCUT2D eigenvalue weighted by molar-refractivity contribution is 7.99. The van der Waals surface area contributed by atoms with E-state index < -0.39 is 0 Å². The van der Waals surface area contributed by atoms with Crippen molar-refractivity contribution in [2.45, 2.75) is 18.6 Å². The molecule has 0 spiro atoms. The van der Waals surface area contributed by atoms with E-state index in [-0.39, 0.29) is 17.4 Å². The number of thioether (sulfide) groups is 1. The molecule has 0 saturated heterocycles. The zero-order chi connectivity index (χ0) is 23.2. The van der Waals surface area contributed by atoms with Crippen LogP contribution in [0.15, 0.2) is 70.9 Å².